The molecule has 1 amide bonds. The zero-order valence-corrected chi connectivity index (χ0v) is 12.8. The number of carbonyl (C=O) groups excluding carboxylic acids is 1. The Balaban J connectivity index is 2.13. The number of rotatable bonds is 3. The maximum atomic E-state index is 12.6. The smallest absolute Gasteiger partial charge is 0.254 e. The Morgan fingerprint density at radius 3 is 2.67 bits per heavy atom. The third kappa shape index (κ3) is 4.24. The number of hydrogen-bond acceptors (Lipinski definition) is 4. The van der Waals surface area contributed by atoms with Crippen LogP contribution in [0.15, 0.2) is 29.4 Å². The van der Waals surface area contributed by atoms with Gasteiger partial charge in [-0.05, 0) is 25.3 Å². The quantitative estimate of drug-likeness (QED) is 0.475. The van der Waals surface area contributed by atoms with Gasteiger partial charge in [0.1, 0.15) is 0 Å². The van der Waals surface area contributed by atoms with Crippen molar-refractivity contribution < 1.29 is 4.79 Å². The molecule has 3 N–H and O–H groups in total. The summed E-state index contributed by atoms with van der Waals surface area (Å²) in [5, 5.41) is 4.01. The van der Waals surface area contributed by atoms with E-state index in [1.165, 1.54) is 0 Å². The van der Waals surface area contributed by atoms with E-state index in [4.69, 9.17) is 5.73 Å². The van der Waals surface area contributed by atoms with Crippen molar-refractivity contribution in [2.45, 2.75) is 0 Å². The standard InChI is InChI=1S/C14H19N5OS/c1-18-6-8-19(9-7-18)13(20)12-5-3-2-4-11(12)10-16-17-14(15)21/h2-5,10H,6-9H2,1H3,(H3,15,17,21). The van der Waals surface area contributed by atoms with Crippen LogP contribution in [0.2, 0.25) is 0 Å². The van der Waals surface area contributed by atoms with E-state index < -0.39 is 0 Å². The lowest BCUT2D eigenvalue weighted by Gasteiger charge is -2.32. The number of piperazine rings is 1. The molecule has 7 heteroatoms. The van der Waals surface area contributed by atoms with Crippen molar-refractivity contribution in [2.24, 2.45) is 10.8 Å². The third-order valence-corrected chi connectivity index (χ3v) is 3.45. The minimum absolute atomic E-state index is 0.0282. The fraction of sp³-hybridized carbons (Fsp3) is 0.357. The van der Waals surface area contributed by atoms with E-state index in [1.807, 2.05) is 29.2 Å². The zero-order valence-electron chi connectivity index (χ0n) is 12.0. The van der Waals surface area contributed by atoms with Crippen molar-refractivity contribution in [2.75, 3.05) is 33.2 Å². The largest absolute Gasteiger partial charge is 0.375 e. The number of nitrogens with one attached hydrogen (secondary N) is 1. The summed E-state index contributed by atoms with van der Waals surface area (Å²) in [4.78, 5) is 16.7. The molecule has 0 bridgehead atoms. The number of hydrogen-bond donors (Lipinski definition) is 2. The topological polar surface area (TPSA) is 74.0 Å². The van der Waals surface area contributed by atoms with Gasteiger partial charge in [-0.3, -0.25) is 10.2 Å². The number of carbonyl (C=O) groups is 1. The molecule has 0 aromatic heterocycles. The lowest BCUT2D eigenvalue weighted by Crippen LogP contribution is -2.47. The number of nitrogens with zero attached hydrogens (tertiary/aromatic N) is 3. The summed E-state index contributed by atoms with van der Waals surface area (Å²) >= 11 is 4.68. The van der Waals surface area contributed by atoms with E-state index in [-0.39, 0.29) is 11.0 Å². The van der Waals surface area contributed by atoms with E-state index in [2.05, 4.69) is 34.7 Å². The molecule has 1 aromatic carbocycles. The molecule has 1 aromatic rings. The molecule has 0 radical (unpaired) electrons. The number of benzene rings is 1. The Labute approximate surface area is 129 Å². The highest BCUT2D eigenvalue weighted by Crippen LogP contribution is 2.12. The Bertz CT molecular complexity index is 552. The van der Waals surface area contributed by atoms with Crippen molar-refractivity contribution in [3.8, 4) is 0 Å². The summed E-state index contributed by atoms with van der Waals surface area (Å²) in [6.45, 7) is 3.27. The molecule has 1 aliphatic rings. The Hall–Kier alpha value is -1.99. The second-order valence-electron chi connectivity index (χ2n) is 4.92. The summed E-state index contributed by atoms with van der Waals surface area (Å²) in [5.74, 6) is 0.0282. The van der Waals surface area contributed by atoms with Crippen LogP contribution in [0.4, 0.5) is 0 Å². The maximum absolute atomic E-state index is 12.6. The van der Waals surface area contributed by atoms with Gasteiger partial charge >= 0.3 is 0 Å². The lowest BCUT2D eigenvalue weighted by molar-refractivity contribution is 0.0664. The van der Waals surface area contributed by atoms with E-state index in [9.17, 15) is 4.79 Å². The van der Waals surface area contributed by atoms with Crippen LogP contribution in [0.3, 0.4) is 0 Å². The monoisotopic (exact) mass is 305 g/mol. The van der Waals surface area contributed by atoms with Crippen molar-refractivity contribution in [1.82, 2.24) is 15.2 Å². The molecular weight excluding hydrogens is 286 g/mol. The normalized spacial score (nSPS) is 16.1. The number of thiocarbonyl (C=S) groups is 1. The molecule has 0 saturated carbocycles. The van der Waals surface area contributed by atoms with Gasteiger partial charge in [0.15, 0.2) is 5.11 Å². The van der Waals surface area contributed by atoms with E-state index in [0.717, 1.165) is 31.7 Å². The van der Waals surface area contributed by atoms with Gasteiger partial charge in [0.25, 0.3) is 5.91 Å². The van der Waals surface area contributed by atoms with Crippen LogP contribution < -0.4 is 11.2 Å². The van der Waals surface area contributed by atoms with Crippen molar-refractivity contribution in [1.29, 1.82) is 0 Å². The molecule has 0 unspecified atom stereocenters. The molecule has 112 valence electrons. The average molecular weight is 305 g/mol. The number of hydrazone groups is 1. The zero-order chi connectivity index (χ0) is 15.2. The third-order valence-electron chi connectivity index (χ3n) is 3.36. The highest BCUT2D eigenvalue weighted by Gasteiger charge is 2.21. The lowest BCUT2D eigenvalue weighted by atomic mass is 10.1. The molecule has 2 rings (SSSR count). The average Bonchev–Trinajstić information content (AvgIpc) is 2.47. The molecular formula is C14H19N5OS. The highest BCUT2D eigenvalue weighted by molar-refractivity contribution is 7.80. The van der Waals surface area contributed by atoms with E-state index in [1.54, 1.807) is 6.21 Å². The molecule has 1 heterocycles. The van der Waals surface area contributed by atoms with Gasteiger partial charge in [-0.2, -0.15) is 5.10 Å². The fourth-order valence-electron chi connectivity index (χ4n) is 2.15. The Morgan fingerprint density at radius 1 is 1.33 bits per heavy atom. The molecule has 0 atom stereocenters. The highest BCUT2D eigenvalue weighted by atomic mass is 32.1. The molecule has 1 saturated heterocycles. The van der Waals surface area contributed by atoms with Gasteiger partial charge in [0, 0.05) is 37.3 Å². The van der Waals surface area contributed by atoms with Crippen molar-refractivity contribution in [3.63, 3.8) is 0 Å². The minimum atomic E-state index is 0.0282. The van der Waals surface area contributed by atoms with Crippen molar-refractivity contribution >= 4 is 29.5 Å². The van der Waals surface area contributed by atoms with Gasteiger partial charge in [0.05, 0.1) is 6.21 Å². The number of likely N-dealkylation sites (N-methyl/N-ethyl adjacent to an activating group) is 1. The van der Waals surface area contributed by atoms with Crippen LogP contribution in [0.5, 0.6) is 0 Å². The van der Waals surface area contributed by atoms with Crippen LogP contribution in [-0.2, 0) is 0 Å². The van der Waals surface area contributed by atoms with Gasteiger partial charge in [-0.25, -0.2) is 0 Å². The predicted octanol–water partition coefficient (Wildman–Crippen LogP) is 0.241. The molecule has 21 heavy (non-hydrogen) atoms. The van der Waals surface area contributed by atoms with Crippen LogP contribution in [0.25, 0.3) is 0 Å². The minimum Gasteiger partial charge on any atom is -0.375 e. The van der Waals surface area contributed by atoms with Gasteiger partial charge < -0.3 is 15.5 Å². The second-order valence-corrected chi connectivity index (χ2v) is 5.36. The van der Waals surface area contributed by atoms with Crippen molar-refractivity contribution in [3.05, 3.63) is 35.4 Å². The summed E-state index contributed by atoms with van der Waals surface area (Å²) < 4.78 is 0. The summed E-state index contributed by atoms with van der Waals surface area (Å²) in [6, 6.07) is 7.36. The Kier molecular flexibility index (Phi) is 5.24. The van der Waals surface area contributed by atoms with Gasteiger partial charge in [-0.1, -0.05) is 18.2 Å². The molecule has 6 nitrogen and oxygen atoms in total. The first kappa shape index (κ1) is 15.4. The van der Waals surface area contributed by atoms with Gasteiger partial charge in [-0.15, -0.1) is 0 Å². The number of amides is 1. The molecule has 0 aliphatic carbocycles. The predicted molar refractivity (Wildman–Crippen MR) is 87.4 cm³/mol. The van der Waals surface area contributed by atoms with Crippen LogP contribution in [0.1, 0.15) is 15.9 Å². The summed E-state index contributed by atoms with van der Waals surface area (Å²) in [7, 11) is 2.06. The Morgan fingerprint density at radius 2 is 2.00 bits per heavy atom. The maximum Gasteiger partial charge on any atom is 0.254 e. The molecule has 1 aliphatic heterocycles. The van der Waals surface area contributed by atoms with Gasteiger partial charge in [0.2, 0.25) is 0 Å². The SMILES string of the molecule is CN1CCN(C(=O)c2ccccc2C=NNC(N)=S)CC1. The van der Waals surface area contributed by atoms with Crippen LogP contribution in [0, 0.1) is 0 Å². The first-order chi connectivity index (χ1) is 10.1. The molecule has 0 spiro atoms. The first-order valence-electron chi connectivity index (χ1n) is 6.73. The van der Waals surface area contributed by atoms with Crippen LogP contribution >= 0.6 is 12.2 Å². The molecule has 1 fully saturated rings. The summed E-state index contributed by atoms with van der Waals surface area (Å²) in [6.07, 6.45) is 1.56. The fourth-order valence-corrected chi connectivity index (χ4v) is 2.20. The van der Waals surface area contributed by atoms with E-state index in [0.29, 0.717) is 5.56 Å². The van der Waals surface area contributed by atoms with Crippen LogP contribution in [-0.4, -0.2) is 60.3 Å². The number of nitrogens with two attached hydrogens (primary N) is 1. The first-order valence-corrected chi connectivity index (χ1v) is 7.14. The second kappa shape index (κ2) is 7.14. The summed E-state index contributed by atoms with van der Waals surface area (Å²) in [5.41, 5.74) is 9.18. The van der Waals surface area contributed by atoms with E-state index >= 15 is 0 Å².